The van der Waals surface area contributed by atoms with Gasteiger partial charge in [-0.3, -0.25) is 9.78 Å². The maximum atomic E-state index is 12.6. The maximum Gasteiger partial charge on any atom is 0.416 e. The van der Waals surface area contributed by atoms with Crippen molar-refractivity contribution in [2.24, 2.45) is 0 Å². The van der Waals surface area contributed by atoms with Gasteiger partial charge in [0.2, 0.25) is 5.95 Å². The third-order valence-corrected chi connectivity index (χ3v) is 3.55. The summed E-state index contributed by atoms with van der Waals surface area (Å²) >= 11 is 0. The average molecular weight is 345 g/mol. The number of rotatable bonds is 4. The lowest BCUT2D eigenvalue weighted by atomic mass is 10.1. The standard InChI is InChI=1S/C18H14F3N3O/c19-18(20,21)14-8-6-12(7-9-14)11-22-17-23-15(10-16(25)24-17)13-4-2-1-3-5-13/h1-10H,11H2,(H2,22,23,24,25). The molecule has 0 aliphatic carbocycles. The van der Waals surface area contributed by atoms with Gasteiger partial charge in [0.15, 0.2) is 0 Å². The van der Waals surface area contributed by atoms with E-state index in [4.69, 9.17) is 0 Å². The maximum absolute atomic E-state index is 12.6. The molecule has 1 aromatic heterocycles. The smallest absolute Gasteiger partial charge is 0.352 e. The molecule has 1 heterocycles. The van der Waals surface area contributed by atoms with Crippen molar-refractivity contribution in [2.45, 2.75) is 12.7 Å². The van der Waals surface area contributed by atoms with Crippen molar-refractivity contribution in [1.29, 1.82) is 0 Å². The molecule has 0 aliphatic rings. The Bertz CT molecular complexity index is 903. The zero-order valence-corrected chi connectivity index (χ0v) is 13.0. The Morgan fingerprint density at radius 1 is 1.00 bits per heavy atom. The topological polar surface area (TPSA) is 57.8 Å². The number of anilines is 1. The molecule has 0 aliphatic heterocycles. The van der Waals surface area contributed by atoms with E-state index >= 15 is 0 Å². The van der Waals surface area contributed by atoms with E-state index in [1.807, 2.05) is 30.3 Å². The van der Waals surface area contributed by atoms with Crippen LogP contribution in [0.5, 0.6) is 0 Å². The Balaban J connectivity index is 1.75. The molecule has 3 aromatic rings. The summed E-state index contributed by atoms with van der Waals surface area (Å²) in [4.78, 5) is 18.7. The Morgan fingerprint density at radius 3 is 2.32 bits per heavy atom. The number of nitrogens with zero attached hydrogens (tertiary/aromatic N) is 1. The van der Waals surface area contributed by atoms with Crippen molar-refractivity contribution in [3.8, 4) is 11.3 Å². The van der Waals surface area contributed by atoms with Crippen molar-refractivity contribution in [1.82, 2.24) is 9.97 Å². The zero-order valence-electron chi connectivity index (χ0n) is 13.0. The molecule has 0 spiro atoms. The van der Waals surface area contributed by atoms with E-state index in [0.29, 0.717) is 11.3 Å². The molecule has 0 bridgehead atoms. The lowest BCUT2D eigenvalue weighted by Crippen LogP contribution is -2.13. The molecule has 25 heavy (non-hydrogen) atoms. The Hall–Kier alpha value is -3.09. The molecule has 2 aromatic carbocycles. The molecule has 128 valence electrons. The fourth-order valence-electron chi connectivity index (χ4n) is 2.30. The van der Waals surface area contributed by atoms with E-state index in [1.54, 1.807) is 0 Å². The first-order valence-electron chi connectivity index (χ1n) is 7.48. The van der Waals surface area contributed by atoms with E-state index in [0.717, 1.165) is 17.7 Å². The van der Waals surface area contributed by atoms with Crippen LogP contribution in [0.15, 0.2) is 65.5 Å². The van der Waals surface area contributed by atoms with E-state index in [-0.39, 0.29) is 18.1 Å². The summed E-state index contributed by atoms with van der Waals surface area (Å²) in [6.07, 6.45) is -4.36. The van der Waals surface area contributed by atoms with Gasteiger partial charge in [-0.05, 0) is 17.7 Å². The summed E-state index contributed by atoms with van der Waals surface area (Å²) in [6, 6.07) is 15.4. The lowest BCUT2D eigenvalue weighted by Gasteiger charge is -2.09. The summed E-state index contributed by atoms with van der Waals surface area (Å²) in [5, 5.41) is 2.92. The Morgan fingerprint density at radius 2 is 1.68 bits per heavy atom. The van der Waals surface area contributed by atoms with Gasteiger partial charge >= 0.3 is 6.18 Å². The number of aromatic amines is 1. The monoisotopic (exact) mass is 345 g/mol. The second kappa shape index (κ2) is 6.80. The van der Waals surface area contributed by atoms with Gasteiger partial charge < -0.3 is 5.32 Å². The fraction of sp³-hybridized carbons (Fsp3) is 0.111. The van der Waals surface area contributed by atoms with Gasteiger partial charge in [-0.25, -0.2) is 4.98 Å². The van der Waals surface area contributed by atoms with Crippen molar-refractivity contribution in [2.75, 3.05) is 5.32 Å². The van der Waals surface area contributed by atoms with Crippen LogP contribution in [-0.2, 0) is 12.7 Å². The molecule has 0 fully saturated rings. The molecule has 0 saturated heterocycles. The molecule has 0 atom stereocenters. The molecule has 7 heteroatoms. The number of nitrogens with one attached hydrogen (secondary N) is 2. The van der Waals surface area contributed by atoms with Gasteiger partial charge in [-0.1, -0.05) is 42.5 Å². The minimum absolute atomic E-state index is 0.235. The van der Waals surface area contributed by atoms with Crippen LogP contribution in [0.1, 0.15) is 11.1 Å². The number of halogens is 3. The average Bonchev–Trinajstić information content (AvgIpc) is 2.60. The highest BCUT2D eigenvalue weighted by Gasteiger charge is 2.29. The summed E-state index contributed by atoms with van der Waals surface area (Å²) in [5.41, 5.74) is 0.934. The van der Waals surface area contributed by atoms with Crippen molar-refractivity contribution in [3.05, 3.63) is 82.1 Å². The van der Waals surface area contributed by atoms with Crippen LogP contribution in [-0.4, -0.2) is 9.97 Å². The van der Waals surface area contributed by atoms with Crippen LogP contribution in [0.2, 0.25) is 0 Å². The molecule has 0 radical (unpaired) electrons. The third-order valence-electron chi connectivity index (χ3n) is 3.55. The molecule has 4 nitrogen and oxygen atoms in total. The summed E-state index contributed by atoms with van der Waals surface area (Å²) in [6.45, 7) is 0.235. The Labute approximate surface area is 141 Å². The van der Waals surface area contributed by atoms with Crippen molar-refractivity contribution >= 4 is 5.95 Å². The molecule has 2 N–H and O–H groups in total. The number of benzene rings is 2. The summed E-state index contributed by atoms with van der Waals surface area (Å²) in [7, 11) is 0. The largest absolute Gasteiger partial charge is 0.416 e. The highest BCUT2D eigenvalue weighted by atomic mass is 19.4. The normalized spacial score (nSPS) is 11.3. The first-order chi connectivity index (χ1) is 11.9. The number of hydrogen-bond donors (Lipinski definition) is 2. The first kappa shape index (κ1) is 16.8. The third kappa shape index (κ3) is 4.26. The quantitative estimate of drug-likeness (QED) is 0.749. The van der Waals surface area contributed by atoms with Gasteiger partial charge in [0, 0.05) is 18.2 Å². The molecule has 0 saturated carbocycles. The minimum Gasteiger partial charge on any atom is -0.352 e. The van der Waals surface area contributed by atoms with Gasteiger partial charge in [-0.15, -0.1) is 0 Å². The van der Waals surface area contributed by atoms with Gasteiger partial charge in [-0.2, -0.15) is 13.2 Å². The van der Waals surface area contributed by atoms with Crippen LogP contribution in [0, 0.1) is 0 Å². The molecular formula is C18H14F3N3O. The van der Waals surface area contributed by atoms with Crippen LogP contribution >= 0.6 is 0 Å². The van der Waals surface area contributed by atoms with Gasteiger partial charge in [0.05, 0.1) is 11.3 Å². The second-order valence-electron chi connectivity index (χ2n) is 5.39. The van der Waals surface area contributed by atoms with Crippen molar-refractivity contribution in [3.63, 3.8) is 0 Å². The Kier molecular flexibility index (Phi) is 4.56. The molecule has 0 unspecified atom stereocenters. The number of aromatic nitrogens is 2. The number of alkyl halides is 3. The predicted molar refractivity (Wildman–Crippen MR) is 89.1 cm³/mol. The predicted octanol–water partition coefficient (Wildman–Crippen LogP) is 4.07. The molecule has 3 rings (SSSR count). The van der Waals surface area contributed by atoms with Gasteiger partial charge in [0.1, 0.15) is 0 Å². The van der Waals surface area contributed by atoms with Crippen LogP contribution in [0.4, 0.5) is 19.1 Å². The fourth-order valence-corrected chi connectivity index (χ4v) is 2.30. The molecular weight excluding hydrogens is 331 g/mol. The summed E-state index contributed by atoms with van der Waals surface area (Å²) < 4.78 is 37.7. The van der Waals surface area contributed by atoms with Crippen LogP contribution in [0.25, 0.3) is 11.3 Å². The lowest BCUT2D eigenvalue weighted by molar-refractivity contribution is -0.137. The second-order valence-corrected chi connectivity index (χ2v) is 5.39. The van der Waals surface area contributed by atoms with Gasteiger partial charge in [0.25, 0.3) is 5.56 Å². The van der Waals surface area contributed by atoms with Crippen LogP contribution < -0.4 is 10.9 Å². The molecule has 0 amide bonds. The van der Waals surface area contributed by atoms with E-state index in [9.17, 15) is 18.0 Å². The highest BCUT2D eigenvalue weighted by molar-refractivity contribution is 5.59. The van der Waals surface area contributed by atoms with Crippen molar-refractivity contribution < 1.29 is 13.2 Å². The number of H-pyrrole nitrogens is 1. The first-order valence-corrected chi connectivity index (χ1v) is 7.48. The zero-order chi connectivity index (χ0) is 17.9. The van der Waals surface area contributed by atoms with E-state index < -0.39 is 11.7 Å². The van der Waals surface area contributed by atoms with Crippen LogP contribution in [0.3, 0.4) is 0 Å². The SMILES string of the molecule is O=c1cc(-c2ccccc2)nc(NCc2ccc(C(F)(F)F)cc2)[nH]1. The highest BCUT2D eigenvalue weighted by Crippen LogP contribution is 2.29. The van der Waals surface area contributed by atoms with E-state index in [2.05, 4.69) is 15.3 Å². The summed E-state index contributed by atoms with van der Waals surface area (Å²) in [5.74, 6) is 0.256. The number of hydrogen-bond acceptors (Lipinski definition) is 3. The van der Waals surface area contributed by atoms with E-state index in [1.165, 1.54) is 18.2 Å². The minimum atomic E-state index is -4.36.